The zero-order valence-electron chi connectivity index (χ0n) is 5.46. The molecule has 0 radical (unpaired) electrons. The fraction of sp³-hybridized carbons (Fsp3) is 1.00. The topological polar surface area (TPSA) is 72.7 Å². The number of aliphatic hydroxyl groups is 2. The summed E-state index contributed by atoms with van der Waals surface area (Å²) in [4.78, 5) is 0. The summed E-state index contributed by atoms with van der Waals surface area (Å²) in [6.45, 7) is 1.51. The van der Waals surface area contributed by atoms with Gasteiger partial charge in [-0.25, -0.2) is 5.48 Å². The van der Waals surface area contributed by atoms with Crippen LogP contribution in [0.5, 0.6) is 0 Å². The number of hydrogen-bond acceptors (Lipinski definition) is 4. The Morgan fingerprint density at radius 3 is 2.44 bits per heavy atom. The molecule has 0 bridgehead atoms. The van der Waals surface area contributed by atoms with Crippen LogP contribution in [0, 0.1) is 0 Å². The molecule has 56 valence electrons. The molecule has 4 nitrogen and oxygen atoms in total. The average molecular weight is 135 g/mol. The summed E-state index contributed by atoms with van der Waals surface area (Å²) in [5.74, 6) is 0. The molecule has 0 amide bonds. The molecule has 1 atom stereocenters. The number of hydrogen-bond donors (Lipinski definition) is 4. The molecule has 0 aliphatic carbocycles. The van der Waals surface area contributed by atoms with Gasteiger partial charge in [-0.05, 0) is 13.3 Å². The van der Waals surface area contributed by atoms with E-state index in [1.807, 2.05) is 5.48 Å². The van der Waals surface area contributed by atoms with E-state index in [9.17, 15) is 0 Å². The zero-order chi connectivity index (χ0) is 7.33. The van der Waals surface area contributed by atoms with Crippen molar-refractivity contribution in [3.63, 3.8) is 0 Å². The normalized spacial score (nSPS) is 17.3. The maximum Gasteiger partial charge on any atom is 0.0862 e. The van der Waals surface area contributed by atoms with Gasteiger partial charge in [0.05, 0.1) is 12.2 Å². The van der Waals surface area contributed by atoms with Gasteiger partial charge in [0.2, 0.25) is 0 Å². The average Bonchev–Trinajstić information content (AvgIpc) is 1.84. The van der Waals surface area contributed by atoms with Gasteiger partial charge in [0.25, 0.3) is 0 Å². The van der Waals surface area contributed by atoms with Gasteiger partial charge in [-0.2, -0.15) is 0 Å². The molecular weight excluding hydrogens is 122 g/mol. The minimum atomic E-state index is -1.07. The number of nitrogens with one attached hydrogen (secondary N) is 1. The first-order chi connectivity index (χ1) is 4.12. The Hall–Kier alpha value is -0.160. The standard InChI is InChI=1S/C5H13NO3/c1-5(8,4-7)2-3-6-9/h6-9H,2-4H2,1H3. The lowest BCUT2D eigenvalue weighted by atomic mass is 10.0. The molecule has 0 fully saturated rings. The lowest BCUT2D eigenvalue weighted by Gasteiger charge is -2.18. The molecular formula is C5H13NO3. The van der Waals surface area contributed by atoms with Gasteiger partial charge in [0.1, 0.15) is 0 Å². The molecule has 1 unspecified atom stereocenters. The number of aliphatic hydroxyl groups excluding tert-OH is 1. The van der Waals surface area contributed by atoms with Crippen molar-refractivity contribution in [2.75, 3.05) is 13.2 Å². The Kier molecular flexibility index (Phi) is 3.72. The first-order valence-electron chi connectivity index (χ1n) is 2.82. The largest absolute Gasteiger partial charge is 0.393 e. The van der Waals surface area contributed by atoms with Crippen LogP contribution in [0.2, 0.25) is 0 Å². The molecule has 0 spiro atoms. The van der Waals surface area contributed by atoms with Crippen LogP contribution in [0.3, 0.4) is 0 Å². The minimum Gasteiger partial charge on any atom is -0.393 e. The molecule has 0 heterocycles. The third kappa shape index (κ3) is 4.35. The predicted molar refractivity (Wildman–Crippen MR) is 32.1 cm³/mol. The Morgan fingerprint density at radius 2 is 2.11 bits per heavy atom. The summed E-state index contributed by atoms with van der Waals surface area (Å²) < 4.78 is 0. The van der Waals surface area contributed by atoms with Crippen molar-refractivity contribution in [1.82, 2.24) is 5.48 Å². The molecule has 0 aliphatic heterocycles. The highest BCUT2D eigenvalue weighted by atomic mass is 16.5. The predicted octanol–water partition coefficient (Wildman–Crippen LogP) is -0.901. The summed E-state index contributed by atoms with van der Waals surface area (Å²) in [5, 5.41) is 25.6. The lowest BCUT2D eigenvalue weighted by molar-refractivity contribution is -0.0119. The van der Waals surface area contributed by atoms with Crippen LogP contribution in [-0.2, 0) is 0 Å². The van der Waals surface area contributed by atoms with Gasteiger partial charge in [0, 0.05) is 6.54 Å². The molecule has 4 N–H and O–H groups in total. The monoisotopic (exact) mass is 135 g/mol. The fourth-order valence-electron chi connectivity index (χ4n) is 0.404. The highest BCUT2D eigenvalue weighted by Crippen LogP contribution is 2.05. The van der Waals surface area contributed by atoms with Crippen LogP contribution in [0.1, 0.15) is 13.3 Å². The third-order valence-electron chi connectivity index (χ3n) is 1.12. The van der Waals surface area contributed by atoms with E-state index >= 15 is 0 Å². The minimum absolute atomic E-state index is 0.283. The molecule has 0 aromatic heterocycles. The van der Waals surface area contributed by atoms with Crippen molar-refractivity contribution >= 4 is 0 Å². The summed E-state index contributed by atoms with van der Waals surface area (Å²) in [7, 11) is 0. The zero-order valence-corrected chi connectivity index (χ0v) is 5.46. The van der Waals surface area contributed by atoms with Gasteiger partial charge in [-0.15, -0.1) is 0 Å². The first-order valence-corrected chi connectivity index (χ1v) is 2.82. The van der Waals surface area contributed by atoms with Crippen LogP contribution in [0.25, 0.3) is 0 Å². The summed E-state index contributed by atoms with van der Waals surface area (Å²) in [5.41, 5.74) is 0.813. The van der Waals surface area contributed by atoms with E-state index in [0.29, 0.717) is 6.42 Å². The van der Waals surface area contributed by atoms with E-state index in [4.69, 9.17) is 15.4 Å². The van der Waals surface area contributed by atoms with Gasteiger partial charge in [0.15, 0.2) is 0 Å². The summed E-state index contributed by atoms with van der Waals surface area (Å²) >= 11 is 0. The molecule has 0 rings (SSSR count). The SMILES string of the molecule is CC(O)(CO)CCNO. The van der Waals surface area contributed by atoms with E-state index in [2.05, 4.69) is 0 Å². The third-order valence-corrected chi connectivity index (χ3v) is 1.12. The Morgan fingerprint density at radius 1 is 1.56 bits per heavy atom. The molecule has 4 heteroatoms. The molecule has 0 aromatic rings. The Balaban J connectivity index is 3.33. The van der Waals surface area contributed by atoms with Gasteiger partial charge in [-0.3, -0.25) is 0 Å². The molecule has 0 saturated carbocycles. The van der Waals surface area contributed by atoms with Crippen molar-refractivity contribution in [3.05, 3.63) is 0 Å². The van der Waals surface area contributed by atoms with Gasteiger partial charge < -0.3 is 15.4 Å². The van der Waals surface area contributed by atoms with Crippen LogP contribution >= 0.6 is 0 Å². The van der Waals surface area contributed by atoms with Gasteiger partial charge in [-0.1, -0.05) is 0 Å². The molecule has 9 heavy (non-hydrogen) atoms. The van der Waals surface area contributed by atoms with E-state index in [1.165, 1.54) is 6.92 Å². The van der Waals surface area contributed by atoms with Crippen LogP contribution in [-0.4, -0.2) is 34.2 Å². The van der Waals surface area contributed by atoms with E-state index in [-0.39, 0.29) is 13.2 Å². The fourth-order valence-corrected chi connectivity index (χ4v) is 0.404. The van der Waals surface area contributed by atoms with Crippen LogP contribution in [0.4, 0.5) is 0 Å². The molecule has 0 aliphatic rings. The van der Waals surface area contributed by atoms with Crippen molar-refractivity contribution in [2.24, 2.45) is 0 Å². The second kappa shape index (κ2) is 3.79. The van der Waals surface area contributed by atoms with E-state index in [0.717, 1.165) is 0 Å². The highest BCUT2D eigenvalue weighted by Gasteiger charge is 2.17. The van der Waals surface area contributed by atoms with Crippen molar-refractivity contribution in [1.29, 1.82) is 0 Å². The second-order valence-corrected chi connectivity index (χ2v) is 2.31. The highest BCUT2D eigenvalue weighted by molar-refractivity contribution is 4.70. The number of hydroxylamine groups is 1. The maximum atomic E-state index is 9.05. The van der Waals surface area contributed by atoms with Crippen LogP contribution < -0.4 is 5.48 Å². The smallest absolute Gasteiger partial charge is 0.0862 e. The lowest BCUT2D eigenvalue weighted by Crippen LogP contribution is -2.32. The van der Waals surface area contributed by atoms with Crippen LogP contribution in [0.15, 0.2) is 0 Å². The van der Waals surface area contributed by atoms with Crippen molar-refractivity contribution < 1.29 is 15.4 Å². The molecule has 0 aromatic carbocycles. The van der Waals surface area contributed by atoms with Gasteiger partial charge >= 0.3 is 0 Å². The summed E-state index contributed by atoms with van der Waals surface area (Å²) in [6.07, 6.45) is 0.333. The van der Waals surface area contributed by atoms with Crippen molar-refractivity contribution in [3.8, 4) is 0 Å². The molecule has 0 saturated heterocycles. The maximum absolute atomic E-state index is 9.05. The second-order valence-electron chi connectivity index (χ2n) is 2.31. The van der Waals surface area contributed by atoms with E-state index < -0.39 is 5.60 Å². The Bertz CT molecular complexity index is 74.6. The summed E-state index contributed by atoms with van der Waals surface area (Å²) in [6, 6.07) is 0. The number of rotatable bonds is 4. The Labute approximate surface area is 54.1 Å². The van der Waals surface area contributed by atoms with Crippen molar-refractivity contribution in [2.45, 2.75) is 18.9 Å². The quantitative estimate of drug-likeness (QED) is 0.377. The first kappa shape index (κ1) is 8.84. The van der Waals surface area contributed by atoms with E-state index in [1.54, 1.807) is 0 Å².